The Kier molecular flexibility index (Phi) is 3.70. The summed E-state index contributed by atoms with van der Waals surface area (Å²) in [5.41, 5.74) is 0. The van der Waals surface area contributed by atoms with Crippen LogP contribution >= 0.6 is 15.9 Å². The lowest BCUT2D eigenvalue weighted by molar-refractivity contribution is -0.128. The highest BCUT2D eigenvalue weighted by molar-refractivity contribution is 9.10. The molecule has 0 spiro atoms. The molecule has 18 heavy (non-hydrogen) atoms. The van der Waals surface area contributed by atoms with Gasteiger partial charge in [0.1, 0.15) is 6.04 Å². The van der Waals surface area contributed by atoms with Crippen LogP contribution in [0.5, 0.6) is 0 Å². The van der Waals surface area contributed by atoms with Crippen molar-refractivity contribution >= 4 is 27.9 Å². The topological polar surface area (TPSA) is 67.2 Å². The fraction of sp³-hybridized carbons (Fsp3) is 0.545. The minimum absolute atomic E-state index is 0.102. The van der Waals surface area contributed by atoms with Gasteiger partial charge >= 0.3 is 6.03 Å². The molecular formula is C11H15BrN4O2. The fourth-order valence-corrected chi connectivity index (χ4v) is 2.20. The molecule has 0 aromatic carbocycles. The molecule has 1 unspecified atom stereocenters. The van der Waals surface area contributed by atoms with Crippen LogP contribution < -0.4 is 5.32 Å². The van der Waals surface area contributed by atoms with E-state index in [0.717, 1.165) is 4.47 Å². The number of hydrogen-bond acceptors (Lipinski definition) is 3. The van der Waals surface area contributed by atoms with Crippen molar-refractivity contribution in [3.63, 3.8) is 0 Å². The summed E-state index contributed by atoms with van der Waals surface area (Å²) in [5.74, 6) is -0.0495. The molecule has 6 nitrogen and oxygen atoms in total. The monoisotopic (exact) mass is 314 g/mol. The van der Waals surface area contributed by atoms with Crippen LogP contribution in [-0.4, -0.2) is 39.2 Å². The van der Waals surface area contributed by atoms with E-state index in [4.69, 9.17) is 0 Å². The van der Waals surface area contributed by atoms with Crippen molar-refractivity contribution < 1.29 is 9.59 Å². The summed E-state index contributed by atoms with van der Waals surface area (Å²) in [6, 6.07) is -0.716. The largest absolute Gasteiger partial charge is 0.326 e. The van der Waals surface area contributed by atoms with Gasteiger partial charge in [-0.2, -0.15) is 5.10 Å². The smallest absolute Gasteiger partial charge is 0.324 e. The van der Waals surface area contributed by atoms with Crippen molar-refractivity contribution in [1.29, 1.82) is 0 Å². The van der Waals surface area contributed by atoms with Crippen molar-refractivity contribution in [2.24, 2.45) is 5.92 Å². The van der Waals surface area contributed by atoms with Crippen LogP contribution in [-0.2, 0) is 11.3 Å². The summed E-state index contributed by atoms with van der Waals surface area (Å²) in [6.07, 6.45) is 3.47. The van der Waals surface area contributed by atoms with Crippen LogP contribution in [0, 0.1) is 5.92 Å². The van der Waals surface area contributed by atoms with Gasteiger partial charge in [-0.05, 0) is 21.8 Å². The Balaban J connectivity index is 1.97. The van der Waals surface area contributed by atoms with Gasteiger partial charge in [0.15, 0.2) is 0 Å². The molecule has 1 saturated heterocycles. The maximum absolute atomic E-state index is 12.0. The number of nitrogens with zero attached hydrogens (tertiary/aromatic N) is 3. The van der Waals surface area contributed by atoms with E-state index in [1.54, 1.807) is 17.1 Å². The van der Waals surface area contributed by atoms with Gasteiger partial charge in [0.2, 0.25) is 0 Å². The van der Waals surface area contributed by atoms with Crippen LogP contribution in [0.3, 0.4) is 0 Å². The highest BCUT2D eigenvalue weighted by Crippen LogP contribution is 2.14. The summed E-state index contributed by atoms with van der Waals surface area (Å²) < 4.78 is 2.56. The second kappa shape index (κ2) is 5.09. The Bertz CT molecular complexity index is 471. The summed E-state index contributed by atoms with van der Waals surface area (Å²) >= 11 is 3.29. The summed E-state index contributed by atoms with van der Waals surface area (Å²) in [4.78, 5) is 24.9. The van der Waals surface area contributed by atoms with Gasteiger partial charge in [-0.3, -0.25) is 14.4 Å². The van der Waals surface area contributed by atoms with Crippen molar-refractivity contribution in [3.05, 3.63) is 16.9 Å². The van der Waals surface area contributed by atoms with Crippen LogP contribution in [0.4, 0.5) is 4.79 Å². The van der Waals surface area contributed by atoms with Crippen LogP contribution in [0.25, 0.3) is 0 Å². The van der Waals surface area contributed by atoms with Crippen LogP contribution in [0.2, 0.25) is 0 Å². The Morgan fingerprint density at radius 2 is 2.17 bits per heavy atom. The number of imide groups is 1. The van der Waals surface area contributed by atoms with Gasteiger partial charge in [0.25, 0.3) is 5.91 Å². The molecule has 98 valence electrons. The first kappa shape index (κ1) is 13.1. The number of carbonyl (C=O) groups is 2. The minimum atomic E-state index is -0.401. The lowest BCUT2D eigenvalue weighted by atomic mass is 10.1. The number of nitrogens with one attached hydrogen (secondary N) is 1. The number of aromatic nitrogens is 2. The zero-order valence-electron chi connectivity index (χ0n) is 10.3. The summed E-state index contributed by atoms with van der Waals surface area (Å²) in [6.45, 7) is 4.66. The van der Waals surface area contributed by atoms with E-state index in [1.165, 1.54) is 4.90 Å². The third-order valence-corrected chi connectivity index (χ3v) is 3.29. The van der Waals surface area contributed by atoms with E-state index in [0.29, 0.717) is 13.1 Å². The minimum Gasteiger partial charge on any atom is -0.326 e. The zero-order chi connectivity index (χ0) is 13.3. The normalized spacial score (nSPS) is 19.8. The average molecular weight is 315 g/mol. The first-order valence-corrected chi connectivity index (χ1v) is 6.58. The van der Waals surface area contributed by atoms with Gasteiger partial charge < -0.3 is 5.32 Å². The van der Waals surface area contributed by atoms with E-state index >= 15 is 0 Å². The predicted molar refractivity (Wildman–Crippen MR) is 68.8 cm³/mol. The Morgan fingerprint density at radius 1 is 1.44 bits per heavy atom. The third kappa shape index (κ3) is 2.55. The molecule has 1 aliphatic rings. The zero-order valence-corrected chi connectivity index (χ0v) is 11.8. The van der Waals surface area contributed by atoms with Gasteiger partial charge in [0.05, 0.1) is 23.8 Å². The maximum Gasteiger partial charge on any atom is 0.324 e. The molecular weight excluding hydrogens is 300 g/mol. The molecule has 1 aromatic heterocycles. The van der Waals surface area contributed by atoms with Crippen molar-refractivity contribution in [3.8, 4) is 0 Å². The highest BCUT2D eigenvalue weighted by atomic mass is 79.9. The average Bonchev–Trinajstić information content (AvgIpc) is 2.82. The lowest BCUT2D eigenvalue weighted by Gasteiger charge is -2.14. The molecule has 3 amide bonds. The lowest BCUT2D eigenvalue weighted by Crippen LogP contribution is -2.35. The molecule has 2 heterocycles. The molecule has 0 saturated carbocycles. The van der Waals surface area contributed by atoms with Gasteiger partial charge in [0, 0.05) is 6.20 Å². The molecule has 1 aromatic rings. The Hall–Kier alpha value is -1.37. The first-order valence-electron chi connectivity index (χ1n) is 5.79. The number of hydrogen-bond donors (Lipinski definition) is 1. The quantitative estimate of drug-likeness (QED) is 0.850. The molecule has 7 heteroatoms. The maximum atomic E-state index is 12.0. The second-order valence-corrected chi connectivity index (χ2v) is 5.50. The molecule has 1 atom stereocenters. The van der Waals surface area contributed by atoms with E-state index in [2.05, 4.69) is 26.3 Å². The fourth-order valence-electron chi connectivity index (χ4n) is 1.87. The molecule has 1 aliphatic heterocycles. The molecule has 1 N–H and O–H groups in total. The number of carbonyl (C=O) groups excluding carboxylic acids is 2. The molecule has 0 bridgehead atoms. The first-order chi connectivity index (χ1) is 8.49. The Labute approximate surface area is 113 Å². The van der Waals surface area contributed by atoms with Crippen LogP contribution in [0.15, 0.2) is 16.9 Å². The van der Waals surface area contributed by atoms with E-state index in [1.807, 2.05) is 13.8 Å². The number of halogens is 1. The number of amides is 3. The SMILES string of the molecule is CC(C)C1NC(=O)N(CCn2cc(Br)cn2)C1=O. The Morgan fingerprint density at radius 3 is 2.67 bits per heavy atom. The summed E-state index contributed by atoms with van der Waals surface area (Å²) in [5, 5.41) is 6.77. The number of rotatable bonds is 4. The van der Waals surface area contributed by atoms with E-state index in [9.17, 15) is 9.59 Å². The van der Waals surface area contributed by atoms with E-state index < -0.39 is 6.04 Å². The number of urea groups is 1. The van der Waals surface area contributed by atoms with Gasteiger partial charge in [-0.15, -0.1) is 0 Å². The highest BCUT2D eigenvalue weighted by Gasteiger charge is 2.39. The van der Waals surface area contributed by atoms with E-state index in [-0.39, 0.29) is 17.9 Å². The van der Waals surface area contributed by atoms with Crippen molar-refractivity contribution in [2.75, 3.05) is 6.54 Å². The molecule has 2 rings (SSSR count). The second-order valence-electron chi connectivity index (χ2n) is 4.58. The molecule has 0 radical (unpaired) electrons. The third-order valence-electron chi connectivity index (χ3n) is 2.88. The van der Waals surface area contributed by atoms with Crippen molar-refractivity contribution in [2.45, 2.75) is 26.4 Å². The van der Waals surface area contributed by atoms with Crippen molar-refractivity contribution in [1.82, 2.24) is 20.0 Å². The molecule has 1 fully saturated rings. The standard InChI is InChI=1S/C11H15BrN4O2/c1-7(2)9-10(17)16(11(18)14-9)4-3-15-6-8(12)5-13-15/h5-7,9H,3-4H2,1-2H3,(H,14,18). The summed E-state index contributed by atoms with van der Waals surface area (Å²) in [7, 11) is 0. The van der Waals surface area contributed by atoms with Gasteiger partial charge in [-0.1, -0.05) is 13.8 Å². The predicted octanol–water partition coefficient (Wildman–Crippen LogP) is 1.22. The van der Waals surface area contributed by atoms with Gasteiger partial charge in [-0.25, -0.2) is 4.79 Å². The molecule has 0 aliphatic carbocycles. The van der Waals surface area contributed by atoms with Crippen LogP contribution in [0.1, 0.15) is 13.8 Å².